The van der Waals surface area contributed by atoms with Crippen LogP contribution < -0.4 is 15.4 Å². The van der Waals surface area contributed by atoms with Crippen molar-refractivity contribution in [2.24, 2.45) is 0 Å². The van der Waals surface area contributed by atoms with E-state index in [4.69, 9.17) is 21.4 Å². The lowest BCUT2D eigenvalue weighted by atomic mass is 9.89. The zero-order valence-electron chi connectivity index (χ0n) is 16.2. The molecule has 0 spiro atoms. The van der Waals surface area contributed by atoms with Crippen molar-refractivity contribution in [3.63, 3.8) is 0 Å². The number of rotatable bonds is 8. The minimum absolute atomic E-state index is 0.137. The van der Waals surface area contributed by atoms with Crippen LogP contribution in [0.1, 0.15) is 12.0 Å². The second kappa shape index (κ2) is 11.1. The number of nitrogens with one attached hydrogen (secondary N) is 2. The van der Waals surface area contributed by atoms with Crippen molar-refractivity contribution in [3.8, 4) is 5.75 Å². The van der Waals surface area contributed by atoms with Crippen LogP contribution in [0.15, 0.2) is 60.2 Å². The highest BCUT2D eigenvalue weighted by Crippen LogP contribution is 2.27. The average molecular weight is 543 g/mol. The summed E-state index contributed by atoms with van der Waals surface area (Å²) in [5.74, 6) is 0.373. The fourth-order valence-electron chi connectivity index (χ4n) is 3.24. The van der Waals surface area contributed by atoms with Gasteiger partial charge in [0.05, 0.1) is 10.2 Å². The highest BCUT2D eigenvalue weighted by Gasteiger charge is 2.35. The quantitative estimate of drug-likeness (QED) is 0.385. The Bertz CT molecular complexity index is 891. The Hall–Kier alpha value is -1.65. The summed E-state index contributed by atoms with van der Waals surface area (Å²) in [7, 11) is 0. The highest BCUT2D eigenvalue weighted by atomic mass is 127. The van der Waals surface area contributed by atoms with Gasteiger partial charge in [-0.2, -0.15) is 0 Å². The van der Waals surface area contributed by atoms with Crippen molar-refractivity contribution >= 4 is 40.1 Å². The van der Waals surface area contributed by atoms with Gasteiger partial charge in [0.1, 0.15) is 18.0 Å². The first-order chi connectivity index (χ1) is 14.5. The number of carbonyl (C=O) groups excluding carboxylic acids is 1. The Morgan fingerprint density at radius 2 is 1.93 bits per heavy atom. The predicted molar refractivity (Wildman–Crippen MR) is 124 cm³/mol. The Balaban J connectivity index is 1.77. The summed E-state index contributed by atoms with van der Waals surface area (Å²) >= 11 is 8.11. The van der Waals surface area contributed by atoms with E-state index in [1.54, 1.807) is 6.08 Å². The number of hydrogen-bond donors (Lipinski definition) is 4. The maximum Gasteiger partial charge on any atom is 0.247 e. The van der Waals surface area contributed by atoms with E-state index in [-0.39, 0.29) is 25.1 Å². The molecule has 0 bridgehead atoms. The zero-order valence-corrected chi connectivity index (χ0v) is 19.1. The predicted octanol–water partition coefficient (Wildman–Crippen LogP) is 2.65. The van der Waals surface area contributed by atoms with Crippen LogP contribution in [0.25, 0.3) is 0 Å². The zero-order chi connectivity index (χ0) is 21.5. The number of benzene rings is 2. The SMILES string of the molecule is O=C(NCCO)C1=CC(Oc2ccccc2I)C(O)C(NCc2ccc(Cl)cc2)C1. The van der Waals surface area contributed by atoms with Crippen molar-refractivity contribution in [1.82, 2.24) is 10.6 Å². The minimum Gasteiger partial charge on any atom is -0.482 e. The second-order valence-corrected chi connectivity index (χ2v) is 8.59. The number of amides is 1. The van der Waals surface area contributed by atoms with E-state index in [0.29, 0.717) is 29.3 Å². The van der Waals surface area contributed by atoms with Crippen LogP contribution in [0.5, 0.6) is 5.75 Å². The van der Waals surface area contributed by atoms with Gasteiger partial charge in [-0.05, 0) is 64.9 Å². The van der Waals surface area contributed by atoms with Crippen LogP contribution in [-0.2, 0) is 11.3 Å². The Morgan fingerprint density at radius 3 is 2.63 bits per heavy atom. The van der Waals surface area contributed by atoms with Gasteiger partial charge in [0.2, 0.25) is 5.91 Å². The van der Waals surface area contributed by atoms with E-state index < -0.39 is 12.2 Å². The van der Waals surface area contributed by atoms with Crippen molar-refractivity contribution in [2.45, 2.75) is 31.2 Å². The lowest BCUT2D eigenvalue weighted by Gasteiger charge is -2.34. The summed E-state index contributed by atoms with van der Waals surface area (Å²) in [6.07, 6.45) is 0.480. The van der Waals surface area contributed by atoms with Gasteiger partial charge in [-0.1, -0.05) is 35.9 Å². The molecule has 2 aromatic rings. The number of halogens is 2. The van der Waals surface area contributed by atoms with Crippen LogP contribution in [0.3, 0.4) is 0 Å². The Labute approximate surface area is 194 Å². The van der Waals surface area contributed by atoms with Gasteiger partial charge < -0.3 is 25.6 Å². The molecule has 2 aromatic carbocycles. The molecule has 1 aliphatic rings. The van der Waals surface area contributed by atoms with Crippen LogP contribution in [0.4, 0.5) is 0 Å². The van der Waals surface area contributed by atoms with Crippen LogP contribution in [0, 0.1) is 3.57 Å². The highest BCUT2D eigenvalue weighted by molar-refractivity contribution is 14.1. The van der Waals surface area contributed by atoms with Crippen LogP contribution >= 0.6 is 34.2 Å². The second-order valence-electron chi connectivity index (χ2n) is 6.99. The summed E-state index contributed by atoms with van der Waals surface area (Å²) in [6.45, 7) is 0.547. The molecule has 1 amide bonds. The third kappa shape index (κ3) is 6.18. The lowest BCUT2D eigenvalue weighted by Crippen LogP contribution is -2.51. The van der Waals surface area contributed by atoms with Gasteiger partial charge in [0.15, 0.2) is 0 Å². The van der Waals surface area contributed by atoms with Gasteiger partial charge in [0, 0.05) is 29.7 Å². The summed E-state index contributed by atoms with van der Waals surface area (Å²) < 4.78 is 6.98. The van der Waals surface area contributed by atoms with E-state index in [2.05, 4.69) is 33.2 Å². The monoisotopic (exact) mass is 542 g/mol. The number of para-hydroxylation sites is 1. The summed E-state index contributed by atoms with van der Waals surface area (Å²) in [5.41, 5.74) is 1.53. The lowest BCUT2D eigenvalue weighted by molar-refractivity contribution is -0.118. The molecule has 0 heterocycles. The molecule has 3 rings (SSSR count). The molecule has 0 fully saturated rings. The third-order valence-electron chi connectivity index (χ3n) is 4.82. The van der Waals surface area contributed by atoms with Gasteiger partial charge in [-0.25, -0.2) is 0 Å². The van der Waals surface area contributed by atoms with Gasteiger partial charge >= 0.3 is 0 Å². The molecular formula is C22H24ClIN2O4. The first kappa shape index (κ1) is 23.0. The van der Waals surface area contributed by atoms with E-state index in [1.165, 1.54) is 0 Å². The Morgan fingerprint density at radius 1 is 1.20 bits per heavy atom. The van der Waals surface area contributed by atoms with Crippen molar-refractivity contribution < 1.29 is 19.7 Å². The molecule has 0 radical (unpaired) electrons. The molecule has 0 aromatic heterocycles. The average Bonchev–Trinajstić information content (AvgIpc) is 2.75. The van der Waals surface area contributed by atoms with Crippen LogP contribution in [-0.4, -0.2) is 47.5 Å². The van der Waals surface area contributed by atoms with Gasteiger partial charge in [-0.15, -0.1) is 0 Å². The molecule has 0 aliphatic heterocycles. The van der Waals surface area contributed by atoms with E-state index in [0.717, 1.165) is 9.13 Å². The molecule has 3 atom stereocenters. The van der Waals surface area contributed by atoms with Crippen molar-refractivity contribution in [2.75, 3.05) is 13.2 Å². The number of carbonyl (C=O) groups is 1. The largest absolute Gasteiger partial charge is 0.482 e. The number of aliphatic hydroxyl groups excluding tert-OH is 2. The summed E-state index contributed by atoms with van der Waals surface area (Å²) in [4.78, 5) is 12.5. The minimum atomic E-state index is -0.845. The van der Waals surface area contributed by atoms with Gasteiger partial charge in [0.25, 0.3) is 0 Å². The topological polar surface area (TPSA) is 90.8 Å². The molecule has 1 aliphatic carbocycles. The fourth-order valence-corrected chi connectivity index (χ4v) is 3.88. The first-order valence-corrected chi connectivity index (χ1v) is 11.1. The molecule has 160 valence electrons. The third-order valence-corrected chi connectivity index (χ3v) is 5.97. The number of hydrogen-bond acceptors (Lipinski definition) is 5. The van der Waals surface area contributed by atoms with Crippen molar-refractivity contribution in [3.05, 3.63) is 74.3 Å². The van der Waals surface area contributed by atoms with Gasteiger partial charge in [-0.3, -0.25) is 4.79 Å². The Kier molecular flexibility index (Phi) is 8.52. The van der Waals surface area contributed by atoms with E-state index in [1.807, 2.05) is 48.5 Å². The molecule has 30 heavy (non-hydrogen) atoms. The molecule has 8 heteroatoms. The number of ether oxygens (including phenoxy) is 1. The molecular weight excluding hydrogens is 519 g/mol. The summed E-state index contributed by atoms with van der Waals surface area (Å²) in [6, 6.07) is 14.6. The van der Waals surface area contributed by atoms with Crippen LogP contribution in [0.2, 0.25) is 5.02 Å². The van der Waals surface area contributed by atoms with E-state index >= 15 is 0 Å². The fraction of sp³-hybridized carbons (Fsp3) is 0.318. The maximum absolute atomic E-state index is 12.5. The molecule has 3 unspecified atom stereocenters. The summed E-state index contributed by atoms with van der Waals surface area (Å²) in [5, 5.41) is 26.6. The standard InChI is InChI=1S/C22H24ClIN2O4/c23-16-7-5-14(6-8-16)13-26-18-11-15(22(29)25-9-10-27)12-20(21(18)28)30-19-4-2-1-3-17(19)24/h1-8,12,18,20-21,26-28H,9-11,13H2,(H,25,29). The van der Waals surface area contributed by atoms with E-state index in [9.17, 15) is 9.90 Å². The molecule has 6 nitrogen and oxygen atoms in total. The smallest absolute Gasteiger partial charge is 0.247 e. The first-order valence-electron chi connectivity index (χ1n) is 9.64. The maximum atomic E-state index is 12.5. The molecule has 4 N–H and O–H groups in total. The molecule has 0 saturated heterocycles. The molecule has 0 saturated carbocycles. The normalized spacial score (nSPS) is 21.1. The van der Waals surface area contributed by atoms with Crippen molar-refractivity contribution in [1.29, 1.82) is 0 Å². The number of aliphatic hydroxyl groups is 2.